The molecule has 4 rings (SSSR count). The average molecular weight is 482 g/mol. The lowest BCUT2D eigenvalue weighted by Gasteiger charge is -2.10. The van der Waals surface area contributed by atoms with Crippen molar-refractivity contribution in [1.82, 2.24) is 9.78 Å². The monoisotopic (exact) mass is 480 g/mol. The molecule has 0 radical (unpaired) electrons. The summed E-state index contributed by atoms with van der Waals surface area (Å²) in [5.41, 5.74) is 6.92. The zero-order valence-electron chi connectivity index (χ0n) is 14.9. The molecular formula is C23H18Br2N2. The molecular weight excluding hydrogens is 464 g/mol. The van der Waals surface area contributed by atoms with Crippen LogP contribution in [0.5, 0.6) is 0 Å². The summed E-state index contributed by atoms with van der Waals surface area (Å²) >= 11 is 7.02. The van der Waals surface area contributed by atoms with E-state index in [1.807, 2.05) is 0 Å². The maximum absolute atomic E-state index is 4.93. The molecule has 0 bridgehead atoms. The fourth-order valence-electron chi connectivity index (χ4n) is 3.10. The molecule has 0 atom stereocenters. The molecule has 2 nitrogen and oxygen atoms in total. The number of halogens is 2. The second kappa shape index (κ2) is 7.83. The Hall–Kier alpha value is -2.17. The maximum Gasteiger partial charge on any atom is 0.0929 e. The lowest BCUT2D eigenvalue weighted by Crippen LogP contribution is -2.05. The van der Waals surface area contributed by atoms with E-state index in [0.29, 0.717) is 0 Å². The van der Waals surface area contributed by atoms with E-state index in [0.717, 1.165) is 38.0 Å². The molecule has 0 aliphatic rings. The van der Waals surface area contributed by atoms with Gasteiger partial charge < -0.3 is 0 Å². The van der Waals surface area contributed by atoms with Crippen molar-refractivity contribution in [2.45, 2.75) is 13.5 Å². The summed E-state index contributed by atoms with van der Waals surface area (Å²) in [6, 6.07) is 27.3. The average Bonchev–Trinajstić information content (AvgIpc) is 3.09. The van der Waals surface area contributed by atoms with E-state index >= 15 is 0 Å². The van der Waals surface area contributed by atoms with E-state index in [9.17, 15) is 0 Å². The van der Waals surface area contributed by atoms with Crippen LogP contribution in [0.2, 0.25) is 0 Å². The van der Waals surface area contributed by atoms with Gasteiger partial charge in [0.15, 0.2) is 0 Å². The SMILES string of the molecule is Cc1ccccc1Cn1nc(-c2ccc(Br)cc2)cc1-c1ccc(Br)cc1. The van der Waals surface area contributed by atoms with Gasteiger partial charge in [0.25, 0.3) is 0 Å². The highest BCUT2D eigenvalue weighted by Crippen LogP contribution is 2.29. The Bertz CT molecular complexity index is 1060. The third-order valence-corrected chi connectivity index (χ3v) is 5.70. The highest BCUT2D eigenvalue weighted by molar-refractivity contribution is 9.10. The van der Waals surface area contributed by atoms with Crippen LogP contribution in [0.1, 0.15) is 11.1 Å². The minimum Gasteiger partial charge on any atom is -0.260 e. The van der Waals surface area contributed by atoms with Gasteiger partial charge in [0.05, 0.1) is 17.9 Å². The van der Waals surface area contributed by atoms with E-state index in [4.69, 9.17) is 5.10 Å². The molecule has 4 heteroatoms. The van der Waals surface area contributed by atoms with Gasteiger partial charge in [-0.2, -0.15) is 5.10 Å². The second-order valence-corrected chi connectivity index (χ2v) is 8.34. The molecule has 0 saturated carbocycles. The summed E-state index contributed by atoms with van der Waals surface area (Å²) in [5, 5.41) is 4.93. The number of aromatic nitrogens is 2. The molecule has 1 aromatic heterocycles. The molecule has 0 spiro atoms. The Morgan fingerprint density at radius 3 is 2.00 bits per heavy atom. The van der Waals surface area contributed by atoms with Gasteiger partial charge in [0, 0.05) is 14.5 Å². The van der Waals surface area contributed by atoms with Crippen molar-refractivity contribution in [2.24, 2.45) is 0 Å². The zero-order valence-corrected chi connectivity index (χ0v) is 18.0. The Balaban J connectivity index is 1.80. The van der Waals surface area contributed by atoms with Crippen molar-refractivity contribution < 1.29 is 0 Å². The molecule has 4 aromatic rings. The third-order valence-electron chi connectivity index (χ3n) is 4.64. The molecule has 27 heavy (non-hydrogen) atoms. The molecule has 1 heterocycles. The van der Waals surface area contributed by atoms with Crippen LogP contribution in [0.25, 0.3) is 22.5 Å². The van der Waals surface area contributed by atoms with Crippen LogP contribution >= 0.6 is 31.9 Å². The molecule has 0 aliphatic heterocycles. The predicted molar refractivity (Wildman–Crippen MR) is 119 cm³/mol. The molecule has 0 amide bonds. The van der Waals surface area contributed by atoms with Crippen LogP contribution in [0.4, 0.5) is 0 Å². The quantitative estimate of drug-likeness (QED) is 0.304. The first-order valence-corrected chi connectivity index (χ1v) is 10.3. The standard InChI is InChI=1S/C23H18Br2N2/c1-16-4-2-3-5-19(16)15-27-23(18-8-12-21(25)13-9-18)14-22(26-27)17-6-10-20(24)11-7-17/h2-14H,15H2,1H3. The van der Waals surface area contributed by atoms with Crippen LogP contribution in [0, 0.1) is 6.92 Å². The van der Waals surface area contributed by atoms with E-state index in [1.165, 1.54) is 11.1 Å². The van der Waals surface area contributed by atoms with Crippen molar-refractivity contribution in [2.75, 3.05) is 0 Å². The van der Waals surface area contributed by atoms with Crippen molar-refractivity contribution in [3.63, 3.8) is 0 Å². The second-order valence-electron chi connectivity index (χ2n) is 6.51. The zero-order chi connectivity index (χ0) is 18.8. The number of aryl methyl sites for hydroxylation is 1. The minimum atomic E-state index is 0.745. The van der Waals surface area contributed by atoms with E-state index in [-0.39, 0.29) is 0 Å². The highest BCUT2D eigenvalue weighted by Gasteiger charge is 2.13. The fourth-order valence-corrected chi connectivity index (χ4v) is 3.63. The van der Waals surface area contributed by atoms with Gasteiger partial charge in [-0.3, -0.25) is 4.68 Å². The first-order valence-electron chi connectivity index (χ1n) is 8.74. The van der Waals surface area contributed by atoms with E-state index in [2.05, 4.69) is 122 Å². The summed E-state index contributed by atoms with van der Waals surface area (Å²) in [5.74, 6) is 0. The lowest BCUT2D eigenvalue weighted by atomic mass is 10.1. The van der Waals surface area contributed by atoms with Gasteiger partial charge in [-0.25, -0.2) is 0 Å². The molecule has 0 unspecified atom stereocenters. The molecule has 134 valence electrons. The number of rotatable bonds is 4. The Morgan fingerprint density at radius 2 is 1.37 bits per heavy atom. The molecule has 0 N–H and O–H groups in total. The highest BCUT2D eigenvalue weighted by atomic mass is 79.9. The number of hydrogen-bond donors (Lipinski definition) is 0. The van der Waals surface area contributed by atoms with Crippen molar-refractivity contribution in [3.8, 4) is 22.5 Å². The fraction of sp³-hybridized carbons (Fsp3) is 0.0870. The number of nitrogens with zero attached hydrogens (tertiary/aromatic N) is 2. The molecule has 0 saturated heterocycles. The van der Waals surface area contributed by atoms with Gasteiger partial charge >= 0.3 is 0 Å². The van der Waals surface area contributed by atoms with Gasteiger partial charge in [-0.1, -0.05) is 80.4 Å². The van der Waals surface area contributed by atoms with Crippen molar-refractivity contribution in [1.29, 1.82) is 0 Å². The third kappa shape index (κ3) is 4.07. The molecule has 0 fully saturated rings. The van der Waals surface area contributed by atoms with E-state index < -0.39 is 0 Å². The summed E-state index contributed by atoms with van der Waals surface area (Å²) in [6.45, 7) is 2.89. The van der Waals surface area contributed by atoms with E-state index in [1.54, 1.807) is 0 Å². The van der Waals surface area contributed by atoms with Crippen LogP contribution in [0.15, 0.2) is 87.8 Å². The number of benzene rings is 3. The Labute approximate surface area is 176 Å². The summed E-state index contributed by atoms with van der Waals surface area (Å²) in [6.07, 6.45) is 0. The smallest absolute Gasteiger partial charge is 0.0929 e. The minimum absolute atomic E-state index is 0.745. The lowest BCUT2D eigenvalue weighted by molar-refractivity contribution is 0.694. The van der Waals surface area contributed by atoms with Gasteiger partial charge in [-0.15, -0.1) is 0 Å². The predicted octanol–water partition coefficient (Wildman–Crippen LogP) is 7.10. The van der Waals surface area contributed by atoms with Crippen molar-refractivity contribution >= 4 is 31.9 Å². The largest absolute Gasteiger partial charge is 0.260 e. The van der Waals surface area contributed by atoms with Gasteiger partial charge in [0.2, 0.25) is 0 Å². The molecule has 0 aliphatic carbocycles. The normalized spacial score (nSPS) is 10.9. The summed E-state index contributed by atoms with van der Waals surface area (Å²) < 4.78 is 4.24. The number of hydrogen-bond acceptors (Lipinski definition) is 1. The van der Waals surface area contributed by atoms with Crippen LogP contribution in [-0.4, -0.2) is 9.78 Å². The Kier molecular flexibility index (Phi) is 5.28. The summed E-state index contributed by atoms with van der Waals surface area (Å²) in [7, 11) is 0. The van der Waals surface area contributed by atoms with Gasteiger partial charge in [-0.05, 0) is 53.9 Å². The Morgan fingerprint density at radius 1 is 0.778 bits per heavy atom. The van der Waals surface area contributed by atoms with Crippen LogP contribution < -0.4 is 0 Å². The van der Waals surface area contributed by atoms with Crippen molar-refractivity contribution in [3.05, 3.63) is 98.9 Å². The summed E-state index contributed by atoms with van der Waals surface area (Å²) in [4.78, 5) is 0. The topological polar surface area (TPSA) is 17.8 Å². The molecule has 3 aromatic carbocycles. The maximum atomic E-state index is 4.93. The first-order chi connectivity index (χ1) is 13.1. The van der Waals surface area contributed by atoms with Crippen LogP contribution in [-0.2, 0) is 6.54 Å². The first kappa shape index (κ1) is 18.2. The van der Waals surface area contributed by atoms with Gasteiger partial charge in [0.1, 0.15) is 0 Å². The van der Waals surface area contributed by atoms with Crippen LogP contribution in [0.3, 0.4) is 0 Å².